The summed E-state index contributed by atoms with van der Waals surface area (Å²) in [4.78, 5) is 29.7. The van der Waals surface area contributed by atoms with Crippen molar-refractivity contribution in [2.45, 2.75) is 89.4 Å². The second kappa shape index (κ2) is 9.57. The van der Waals surface area contributed by atoms with Gasteiger partial charge in [0.15, 0.2) is 0 Å². The lowest BCUT2D eigenvalue weighted by Crippen LogP contribution is -2.67. The number of thiophene rings is 1. The van der Waals surface area contributed by atoms with Gasteiger partial charge in [-0.2, -0.15) is 0 Å². The van der Waals surface area contributed by atoms with Crippen molar-refractivity contribution >= 4 is 33.4 Å². The Hall–Kier alpha value is -2.60. The van der Waals surface area contributed by atoms with Crippen LogP contribution in [0, 0.1) is 0 Å². The average Bonchev–Trinajstić information content (AvgIpc) is 3.33. The molecule has 2 atom stereocenters. The van der Waals surface area contributed by atoms with Crippen molar-refractivity contribution in [3.05, 3.63) is 59.1 Å². The lowest BCUT2D eigenvalue weighted by Gasteiger charge is -2.47. The van der Waals surface area contributed by atoms with Crippen molar-refractivity contribution in [2.24, 2.45) is 0 Å². The van der Waals surface area contributed by atoms with Crippen LogP contribution in [0.2, 0.25) is 0 Å². The van der Waals surface area contributed by atoms with Crippen LogP contribution in [-0.4, -0.2) is 38.9 Å². The monoisotopic (exact) mass is 477 g/mol. The molecular weight excluding hydrogens is 442 g/mol. The van der Waals surface area contributed by atoms with Crippen LogP contribution < -0.4 is 5.32 Å². The summed E-state index contributed by atoms with van der Waals surface area (Å²) in [7, 11) is 0. The predicted octanol–water partition coefficient (Wildman–Crippen LogP) is 5.78. The van der Waals surface area contributed by atoms with Crippen LogP contribution in [0.3, 0.4) is 0 Å². The van der Waals surface area contributed by atoms with E-state index >= 15 is 0 Å². The molecule has 3 aromatic rings. The minimum atomic E-state index is -0.930. The first-order valence-electron chi connectivity index (χ1n) is 12.7. The van der Waals surface area contributed by atoms with E-state index in [1.807, 2.05) is 24.0 Å². The third kappa shape index (κ3) is 4.28. The molecule has 2 amide bonds. The third-order valence-corrected chi connectivity index (χ3v) is 8.63. The number of aryl methyl sites for hydroxylation is 1. The fraction of sp³-hybridized carbons (Fsp3) is 0.500. The largest absolute Gasteiger partial charge is 0.351 e. The first kappa shape index (κ1) is 23.2. The quantitative estimate of drug-likeness (QED) is 0.458. The molecule has 34 heavy (non-hydrogen) atoms. The normalized spacial score (nSPS) is 22.4. The number of fused-ring (bicyclic) bond motifs is 3. The van der Waals surface area contributed by atoms with Gasteiger partial charge in [-0.3, -0.25) is 9.59 Å². The van der Waals surface area contributed by atoms with E-state index in [2.05, 4.69) is 52.5 Å². The molecule has 2 aromatic heterocycles. The number of benzene rings is 1. The average molecular weight is 478 g/mol. The molecule has 180 valence electrons. The predicted molar refractivity (Wildman–Crippen MR) is 138 cm³/mol. The van der Waals surface area contributed by atoms with E-state index < -0.39 is 5.54 Å². The molecule has 0 spiro atoms. The molecule has 1 fully saturated rings. The molecule has 0 radical (unpaired) electrons. The van der Waals surface area contributed by atoms with Gasteiger partial charge in [-0.05, 0) is 62.6 Å². The van der Waals surface area contributed by atoms with E-state index in [1.165, 1.54) is 18.4 Å². The summed E-state index contributed by atoms with van der Waals surface area (Å²) in [6.07, 6.45) is 8.57. The van der Waals surface area contributed by atoms with E-state index in [-0.39, 0.29) is 23.9 Å². The summed E-state index contributed by atoms with van der Waals surface area (Å²) < 4.78 is 3.18. The van der Waals surface area contributed by atoms with Crippen molar-refractivity contribution < 1.29 is 9.59 Å². The van der Waals surface area contributed by atoms with E-state index in [1.54, 1.807) is 11.3 Å². The van der Waals surface area contributed by atoms with Crippen LogP contribution in [0.5, 0.6) is 0 Å². The summed E-state index contributed by atoms with van der Waals surface area (Å²) in [5.74, 6) is -0.0456. The fourth-order valence-corrected chi connectivity index (χ4v) is 6.66. The molecule has 1 aromatic carbocycles. The molecule has 0 unspecified atom stereocenters. The van der Waals surface area contributed by atoms with Gasteiger partial charge in [0.1, 0.15) is 11.2 Å². The molecule has 5 nitrogen and oxygen atoms in total. The second-order valence-electron chi connectivity index (χ2n) is 10.3. The minimum Gasteiger partial charge on any atom is -0.351 e. The zero-order valence-corrected chi connectivity index (χ0v) is 21.1. The lowest BCUT2D eigenvalue weighted by molar-refractivity contribution is -0.135. The van der Waals surface area contributed by atoms with Crippen molar-refractivity contribution in [3.63, 3.8) is 0 Å². The van der Waals surface area contributed by atoms with Gasteiger partial charge < -0.3 is 14.8 Å². The second-order valence-corrected chi connectivity index (χ2v) is 11.2. The van der Waals surface area contributed by atoms with Crippen LogP contribution in [0.4, 0.5) is 0 Å². The summed E-state index contributed by atoms with van der Waals surface area (Å²) in [6, 6.07) is 14.6. The molecule has 1 aliphatic heterocycles. The number of carbonyl (C=O) groups excluding carboxylic acids is 2. The molecule has 3 heterocycles. The molecule has 1 aliphatic carbocycles. The van der Waals surface area contributed by atoms with Crippen LogP contribution in [0.15, 0.2) is 47.8 Å². The Labute approximate surface area is 206 Å². The van der Waals surface area contributed by atoms with E-state index in [0.717, 1.165) is 48.7 Å². The minimum absolute atomic E-state index is 0.0120. The van der Waals surface area contributed by atoms with Gasteiger partial charge in [-0.15, -0.1) is 11.3 Å². The first-order chi connectivity index (χ1) is 16.5. The summed E-state index contributed by atoms with van der Waals surface area (Å²) >= 11 is 1.65. The van der Waals surface area contributed by atoms with Gasteiger partial charge in [-0.1, -0.05) is 56.0 Å². The van der Waals surface area contributed by atoms with Gasteiger partial charge in [-0.25, -0.2) is 0 Å². The van der Waals surface area contributed by atoms with Crippen molar-refractivity contribution in [2.75, 3.05) is 0 Å². The molecule has 6 heteroatoms. The van der Waals surface area contributed by atoms with Crippen molar-refractivity contribution in [3.8, 4) is 0 Å². The first-order valence-corrected chi connectivity index (χ1v) is 13.6. The lowest BCUT2D eigenvalue weighted by atomic mass is 9.90. The topological polar surface area (TPSA) is 54.3 Å². The Morgan fingerprint density at radius 1 is 1.15 bits per heavy atom. The van der Waals surface area contributed by atoms with Gasteiger partial charge in [0, 0.05) is 12.1 Å². The van der Waals surface area contributed by atoms with Gasteiger partial charge in [0.25, 0.3) is 5.91 Å². The Balaban J connectivity index is 1.45. The van der Waals surface area contributed by atoms with Gasteiger partial charge >= 0.3 is 0 Å². The Kier molecular flexibility index (Phi) is 6.52. The van der Waals surface area contributed by atoms with Crippen LogP contribution >= 0.6 is 11.3 Å². The zero-order valence-electron chi connectivity index (χ0n) is 20.3. The number of nitrogens with zero attached hydrogens (tertiary/aromatic N) is 2. The van der Waals surface area contributed by atoms with Crippen LogP contribution in [0.25, 0.3) is 10.2 Å². The number of rotatable bonds is 6. The number of amides is 2. The maximum atomic E-state index is 13.9. The van der Waals surface area contributed by atoms with Crippen molar-refractivity contribution in [1.29, 1.82) is 0 Å². The third-order valence-electron chi connectivity index (χ3n) is 7.77. The number of carbonyl (C=O) groups is 2. The molecule has 0 bridgehead atoms. The highest BCUT2D eigenvalue weighted by molar-refractivity contribution is 7.17. The highest BCUT2D eigenvalue weighted by Gasteiger charge is 2.49. The Morgan fingerprint density at radius 2 is 1.88 bits per heavy atom. The van der Waals surface area contributed by atoms with Crippen molar-refractivity contribution in [1.82, 2.24) is 14.8 Å². The fourth-order valence-electron chi connectivity index (χ4n) is 5.84. The van der Waals surface area contributed by atoms with E-state index in [9.17, 15) is 9.59 Å². The summed E-state index contributed by atoms with van der Waals surface area (Å²) in [6.45, 7) is 4.55. The maximum absolute atomic E-state index is 13.9. The summed E-state index contributed by atoms with van der Waals surface area (Å²) in [5, 5.41) is 5.43. The number of hydrogen-bond acceptors (Lipinski definition) is 3. The molecule has 0 saturated heterocycles. The smallest absolute Gasteiger partial charge is 0.271 e. The highest BCUT2D eigenvalue weighted by Crippen LogP contribution is 2.36. The Morgan fingerprint density at radius 3 is 2.62 bits per heavy atom. The highest BCUT2D eigenvalue weighted by atomic mass is 32.1. The van der Waals surface area contributed by atoms with Gasteiger partial charge in [0.05, 0.1) is 16.8 Å². The molecule has 5 rings (SSSR count). The molecule has 1 saturated carbocycles. The Bertz CT molecular complexity index is 1160. The molecule has 1 N–H and O–H groups in total. The van der Waals surface area contributed by atoms with E-state index in [4.69, 9.17) is 0 Å². The standard InChI is InChI=1S/C28H35N3O2S/c1-20(14-15-21-10-6-5-7-11-21)31-26(32)24-18-25-23(16-17-34-25)30(24)19-28(31,2)27(33)29-22-12-8-3-4-9-13-22/h5-7,10-11,16-18,20,22H,3-4,8-9,12-15,19H2,1-2H3,(H,29,33)/t20-,28-/m0/s1. The van der Waals surface area contributed by atoms with Crippen LogP contribution in [0.1, 0.15) is 74.8 Å². The summed E-state index contributed by atoms with van der Waals surface area (Å²) in [5.41, 5.74) is 2.08. The number of hydrogen-bond donors (Lipinski definition) is 1. The molecule has 2 aliphatic rings. The maximum Gasteiger partial charge on any atom is 0.271 e. The zero-order chi connectivity index (χ0) is 23.7. The SMILES string of the molecule is C[C@@H](CCc1ccccc1)N1C(=O)c2cc3sccc3n2C[C@@]1(C)C(=O)NC1CCCCCC1. The van der Waals surface area contributed by atoms with Gasteiger partial charge in [0.2, 0.25) is 5.91 Å². The number of nitrogens with one attached hydrogen (secondary N) is 1. The van der Waals surface area contributed by atoms with E-state index in [0.29, 0.717) is 12.2 Å². The molecular formula is C28H35N3O2S. The van der Waals surface area contributed by atoms with Crippen LogP contribution in [-0.2, 0) is 17.8 Å². The number of aromatic nitrogens is 1.